The summed E-state index contributed by atoms with van der Waals surface area (Å²) < 4.78 is 0. The van der Waals surface area contributed by atoms with Crippen molar-refractivity contribution in [1.29, 1.82) is 0 Å². The fourth-order valence-electron chi connectivity index (χ4n) is 1.36. The molecule has 0 N–H and O–H groups in total. The maximum Gasteiger partial charge on any atom is 0.270 e. The number of aromatic nitrogens is 1. The van der Waals surface area contributed by atoms with E-state index < -0.39 is 4.92 Å². The molecule has 0 fully saturated rings. The molecule has 4 heteroatoms. The zero-order valence-electron chi connectivity index (χ0n) is 7.88. The van der Waals surface area contributed by atoms with Gasteiger partial charge in [0.05, 0.1) is 16.1 Å². The van der Waals surface area contributed by atoms with E-state index in [0.29, 0.717) is 0 Å². The van der Waals surface area contributed by atoms with E-state index in [2.05, 4.69) is 11.6 Å². The molecule has 15 heavy (non-hydrogen) atoms. The van der Waals surface area contributed by atoms with E-state index in [1.165, 1.54) is 12.1 Å². The van der Waals surface area contributed by atoms with E-state index >= 15 is 0 Å². The maximum atomic E-state index is 10.5. The minimum Gasteiger partial charge on any atom is -0.258 e. The minimum atomic E-state index is -0.416. The molecule has 2 rings (SSSR count). The predicted octanol–water partition coefficient (Wildman–Crippen LogP) is 2.79. The first-order chi connectivity index (χ1) is 7.20. The number of nitro benzene ring substituents is 1. The zero-order valence-corrected chi connectivity index (χ0v) is 7.88. The number of hydrogen-bond acceptors (Lipinski definition) is 3. The summed E-state index contributed by atoms with van der Waals surface area (Å²) in [5.74, 6) is 0. The van der Waals surface area contributed by atoms with Gasteiger partial charge in [0, 0.05) is 17.5 Å². The molecule has 0 atom stereocenters. The summed E-state index contributed by atoms with van der Waals surface area (Å²) in [6.45, 7) is 3.61. The van der Waals surface area contributed by atoms with Crippen molar-refractivity contribution >= 4 is 22.7 Å². The SMILES string of the molecule is C=Cc1ccc2cc([N+](=O)[O-])ccc2n1. The molecular formula is C11H8N2O2. The van der Waals surface area contributed by atoms with Gasteiger partial charge >= 0.3 is 0 Å². The highest BCUT2D eigenvalue weighted by atomic mass is 16.6. The summed E-state index contributed by atoms with van der Waals surface area (Å²) in [5, 5.41) is 11.3. The third-order valence-corrected chi connectivity index (χ3v) is 2.11. The Balaban J connectivity index is 2.64. The Kier molecular flexibility index (Phi) is 2.17. The van der Waals surface area contributed by atoms with Crippen molar-refractivity contribution in [1.82, 2.24) is 4.98 Å². The number of hydrogen-bond donors (Lipinski definition) is 0. The van der Waals surface area contributed by atoms with Crippen LogP contribution in [0.2, 0.25) is 0 Å². The Morgan fingerprint density at radius 3 is 2.80 bits per heavy atom. The monoisotopic (exact) mass is 200 g/mol. The first-order valence-electron chi connectivity index (χ1n) is 4.38. The normalized spacial score (nSPS) is 10.1. The standard InChI is InChI=1S/C11H8N2O2/c1-2-9-4-3-8-7-10(13(14)15)5-6-11(8)12-9/h2-7H,1H2. The number of pyridine rings is 1. The largest absolute Gasteiger partial charge is 0.270 e. The van der Waals surface area contributed by atoms with Crippen LogP contribution in [0.15, 0.2) is 36.9 Å². The molecule has 1 aromatic carbocycles. The number of non-ortho nitro benzene ring substituents is 1. The molecule has 0 amide bonds. The number of benzene rings is 1. The Hall–Kier alpha value is -2.23. The van der Waals surface area contributed by atoms with Gasteiger partial charge in [0.1, 0.15) is 0 Å². The van der Waals surface area contributed by atoms with Gasteiger partial charge < -0.3 is 0 Å². The number of nitrogens with zero attached hydrogens (tertiary/aromatic N) is 2. The molecule has 1 heterocycles. The van der Waals surface area contributed by atoms with Crippen LogP contribution in [0.3, 0.4) is 0 Å². The van der Waals surface area contributed by atoms with Crippen LogP contribution in [0.5, 0.6) is 0 Å². The van der Waals surface area contributed by atoms with Crippen molar-refractivity contribution in [3.63, 3.8) is 0 Å². The molecule has 0 saturated heterocycles. The van der Waals surface area contributed by atoms with Crippen molar-refractivity contribution in [2.75, 3.05) is 0 Å². The van der Waals surface area contributed by atoms with Crippen LogP contribution in [0.25, 0.3) is 17.0 Å². The lowest BCUT2D eigenvalue weighted by molar-refractivity contribution is -0.384. The summed E-state index contributed by atoms with van der Waals surface area (Å²) >= 11 is 0. The highest BCUT2D eigenvalue weighted by molar-refractivity contribution is 5.81. The summed E-state index contributed by atoms with van der Waals surface area (Å²) in [4.78, 5) is 14.4. The fraction of sp³-hybridized carbons (Fsp3) is 0. The van der Waals surface area contributed by atoms with E-state index in [1.54, 1.807) is 24.3 Å². The Morgan fingerprint density at radius 1 is 1.33 bits per heavy atom. The van der Waals surface area contributed by atoms with Crippen LogP contribution in [-0.2, 0) is 0 Å². The third-order valence-electron chi connectivity index (χ3n) is 2.11. The topological polar surface area (TPSA) is 56.0 Å². The van der Waals surface area contributed by atoms with Crippen LogP contribution in [-0.4, -0.2) is 9.91 Å². The van der Waals surface area contributed by atoms with E-state index in [-0.39, 0.29) is 5.69 Å². The molecule has 4 nitrogen and oxygen atoms in total. The first kappa shape index (κ1) is 9.33. The lowest BCUT2D eigenvalue weighted by Gasteiger charge is -1.98. The van der Waals surface area contributed by atoms with Gasteiger partial charge in [0.15, 0.2) is 0 Å². The molecular weight excluding hydrogens is 192 g/mol. The fourth-order valence-corrected chi connectivity index (χ4v) is 1.36. The molecule has 0 aliphatic rings. The maximum absolute atomic E-state index is 10.5. The summed E-state index contributed by atoms with van der Waals surface area (Å²) in [5.41, 5.74) is 1.57. The average Bonchev–Trinajstić information content (AvgIpc) is 2.27. The van der Waals surface area contributed by atoms with Crippen molar-refractivity contribution in [2.24, 2.45) is 0 Å². The Labute approximate surface area is 86.0 Å². The summed E-state index contributed by atoms with van der Waals surface area (Å²) in [6, 6.07) is 8.17. The molecule has 2 aromatic rings. The van der Waals surface area contributed by atoms with Gasteiger partial charge in [-0.1, -0.05) is 12.6 Å². The second-order valence-electron chi connectivity index (χ2n) is 3.07. The zero-order chi connectivity index (χ0) is 10.8. The van der Waals surface area contributed by atoms with Crippen LogP contribution in [0.4, 0.5) is 5.69 Å². The van der Waals surface area contributed by atoms with Gasteiger partial charge in [-0.25, -0.2) is 4.98 Å². The number of rotatable bonds is 2. The lowest BCUT2D eigenvalue weighted by atomic mass is 10.2. The molecule has 0 radical (unpaired) electrons. The van der Waals surface area contributed by atoms with Gasteiger partial charge in [0.2, 0.25) is 0 Å². The van der Waals surface area contributed by atoms with Gasteiger partial charge in [-0.15, -0.1) is 0 Å². The second kappa shape index (κ2) is 3.49. The molecule has 0 saturated carbocycles. The second-order valence-corrected chi connectivity index (χ2v) is 3.07. The van der Waals surface area contributed by atoms with E-state index in [4.69, 9.17) is 0 Å². The van der Waals surface area contributed by atoms with E-state index in [9.17, 15) is 10.1 Å². The van der Waals surface area contributed by atoms with E-state index in [1.807, 2.05) is 0 Å². The molecule has 0 bridgehead atoms. The molecule has 0 aliphatic carbocycles. The summed E-state index contributed by atoms with van der Waals surface area (Å²) in [7, 11) is 0. The molecule has 0 aliphatic heterocycles. The summed E-state index contributed by atoms with van der Waals surface area (Å²) in [6.07, 6.45) is 1.64. The number of fused-ring (bicyclic) bond motifs is 1. The average molecular weight is 200 g/mol. The molecule has 1 aromatic heterocycles. The minimum absolute atomic E-state index is 0.0793. The van der Waals surface area contributed by atoms with Gasteiger partial charge in [0.25, 0.3) is 5.69 Å². The van der Waals surface area contributed by atoms with Crippen molar-refractivity contribution in [2.45, 2.75) is 0 Å². The Morgan fingerprint density at radius 2 is 2.13 bits per heavy atom. The van der Waals surface area contributed by atoms with Crippen LogP contribution in [0.1, 0.15) is 5.69 Å². The first-order valence-corrected chi connectivity index (χ1v) is 4.38. The molecule has 0 spiro atoms. The van der Waals surface area contributed by atoms with Gasteiger partial charge in [-0.05, 0) is 18.2 Å². The predicted molar refractivity (Wildman–Crippen MR) is 58.5 cm³/mol. The lowest BCUT2D eigenvalue weighted by Crippen LogP contribution is -1.89. The molecule has 74 valence electrons. The number of nitro groups is 1. The quantitative estimate of drug-likeness (QED) is 0.553. The third kappa shape index (κ3) is 1.69. The highest BCUT2D eigenvalue weighted by Crippen LogP contribution is 2.19. The Bertz CT molecular complexity index is 549. The van der Waals surface area contributed by atoms with Crippen molar-refractivity contribution in [3.8, 4) is 0 Å². The van der Waals surface area contributed by atoms with Gasteiger partial charge in [-0.3, -0.25) is 10.1 Å². The van der Waals surface area contributed by atoms with E-state index in [0.717, 1.165) is 16.6 Å². The van der Waals surface area contributed by atoms with Crippen molar-refractivity contribution in [3.05, 3.63) is 52.7 Å². The van der Waals surface area contributed by atoms with Crippen LogP contribution < -0.4 is 0 Å². The van der Waals surface area contributed by atoms with Gasteiger partial charge in [-0.2, -0.15) is 0 Å². The smallest absolute Gasteiger partial charge is 0.258 e. The van der Waals surface area contributed by atoms with Crippen LogP contribution >= 0.6 is 0 Å². The van der Waals surface area contributed by atoms with Crippen molar-refractivity contribution < 1.29 is 4.92 Å². The highest BCUT2D eigenvalue weighted by Gasteiger charge is 2.06. The van der Waals surface area contributed by atoms with Crippen LogP contribution in [0, 0.1) is 10.1 Å². The molecule has 0 unspecified atom stereocenters.